The summed E-state index contributed by atoms with van der Waals surface area (Å²) < 4.78 is 5.57. The zero-order chi connectivity index (χ0) is 14.7. The third-order valence-corrected chi connectivity index (χ3v) is 2.81. The topological polar surface area (TPSA) is 72.5 Å². The molecule has 0 aliphatic heterocycles. The summed E-state index contributed by atoms with van der Waals surface area (Å²) in [6.45, 7) is 3.91. The molecule has 0 saturated carbocycles. The molecule has 0 atom stereocenters. The second-order valence-electron chi connectivity index (χ2n) is 4.80. The van der Waals surface area contributed by atoms with Gasteiger partial charge in [0.05, 0.1) is 11.7 Å². The lowest BCUT2D eigenvalue weighted by atomic mass is 9.99. The number of rotatable bonds is 4. The number of carboxylic acid groups (broad SMARTS) is 1. The van der Waals surface area contributed by atoms with Crippen LogP contribution in [0.5, 0.6) is 5.75 Å². The minimum atomic E-state index is -0.991. The zero-order valence-corrected chi connectivity index (χ0v) is 11.5. The van der Waals surface area contributed by atoms with E-state index in [0.717, 1.165) is 11.3 Å². The Morgan fingerprint density at radius 2 is 1.80 bits per heavy atom. The van der Waals surface area contributed by atoms with Crippen LogP contribution in [0.3, 0.4) is 0 Å². The van der Waals surface area contributed by atoms with Crippen LogP contribution in [0.2, 0.25) is 0 Å². The van der Waals surface area contributed by atoms with Crippen molar-refractivity contribution in [3.63, 3.8) is 0 Å². The van der Waals surface area contributed by atoms with E-state index in [1.54, 1.807) is 12.1 Å². The van der Waals surface area contributed by atoms with Gasteiger partial charge < -0.3 is 15.6 Å². The van der Waals surface area contributed by atoms with E-state index in [-0.39, 0.29) is 11.7 Å². The van der Waals surface area contributed by atoms with Gasteiger partial charge in [-0.25, -0.2) is 4.79 Å². The van der Waals surface area contributed by atoms with Gasteiger partial charge in [0.1, 0.15) is 5.75 Å². The largest absolute Gasteiger partial charge is 0.491 e. The molecule has 0 fully saturated rings. The third kappa shape index (κ3) is 3.09. The first kappa shape index (κ1) is 13.9. The standard InChI is InChI=1S/C16H17NO3/c1-10(2)20-13-6-3-11(4-7-13)14-8-5-12(17)9-15(14)16(18)19/h3-10H,17H2,1-2H3,(H,18,19). The molecule has 4 nitrogen and oxygen atoms in total. The van der Waals surface area contributed by atoms with Crippen molar-refractivity contribution in [2.45, 2.75) is 20.0 Å². The highest BCUT2D eigenvalue weighted by atomic mass is 16.5. The maximum atomic E-state index is 11.3. The lowest BCUT2D eigenvalue weighted by molar-refractivity contribution is 0.0698. The summed E-state index contributed by atoms with van der Waals surface area (Å²) in [4.78, 5) is 11.3. The highest BCUT2D eigenvalue weighted by molar-refractivity contribution is 5.97. The fourth-order valence-corrected chi connectivity index (χ4v) is 1.98. The van der Waals surface area contributed by atoms with Crippen LogP contribution >= 0.6 is 0 Å². The summed E-state index contributed by atoms with van der Waals surface area (Å²) in [5.74, 6) is -0.231. The molecule has 2 rings (SSSR count). The van der Waals surface area contributed by atoms with Gasteiger partial charge in [0.2, 0.25) is 0 Å². The van der Waals surface area contributed by atoms with Crippen LogP contribution in [0, 0.1) is 0 Å². The van der Waals surface area contributed by atoms with E-state index in [2.05, 4.69) is 0 Å². The molecular weight excluding hydrogens is 254 g/mol. The molecule has 0 spiro atoms. The van der Waals surface area contributed by atoms with Crippen LogP contribution in [0.4, 0.5) is 5.69 Å². The van der Waals surface area contributed by atoms with Crippen LogP contribution in [0.1, 0.15) is 24.2 Å². The maximum absolute atomic E-state index is 11.3. The van der Waals surface area contributed by atoms with E-state index in [1.807, 2.05) is 38.1 Å². The number of carbonyl (C=O) groups is 1. The Hall–Kier alpha value is -2.49. The van der Waals surface area contributed by atoms with Crippen LogP contribution < -0.4 is 10.5 Å². The number of nitrogens with two attached hydrogens (primary N) is 1. The number of anilines is 1. The van der Waals surface area contributed by atoms with Gasteiger partial charge in [-0.05, 0) is 49.2 Å². The Kier molecular flexibility index (Phi) is 3.94. The van der Waals surface area contributed by atoms with Gasteiger partial charge in [-0.15, -0.1) is 0 Å². The normalized spacial score (nSPS) is 10.6. The molecule has 0 bridgehead atoms. The Morgan fingerprint density at radius 3 is 2.35 bits per heavy atom. The van der Waals surface area contributed by atoms with Crippen molar-refractivity contribution in [3.8, 4) is 16.9 Å². The molecule has 20 heavy (non-hydrogen) atoms. The summed E-state index contributed by atoms with van der Waals surface area (Å²) in [6, 6.07) is 12.2. The number of carboxylic acids is 1. The Bertz CT molecular complexity index is 618. The fraction of sp³-hybridized carbons (Fsp3) is 0.188. The molecule has 0 aliphatic rings. The van der Waals surface area contributed by atoms with Gasteiger partial charge in [-0.1, -0.05) is 18.2 Å². The first-order valence-corrected chi connectivity index (χ1v) is 6.37. The molecule has 3 N–H and O–H groups in total. The Balaban J connectivity index is 2.39. The third-order valence-electron chi connectivity index (χ3n) is 2.81. The van der Waals surface area contributed by atoms with Crippen molar-refractivity contribution in [3.05, 3.63) is 48.0 Å². The van der Waals surface area contributed by atoms with Crippen LogP contribution in [-0.4, -0.2) is 17.2 Å². The number of aromatic carboxylic acids is 1. The van der Waals surface area contributed by atoms with E-state index < -0.39 is 5.97 Å². The minimum absolute atomic E-state index is 0.104. The smallest absolute Gasteiger partial charge is 0.336 e. The minimum Gasteiger partial charge on any atom is -0.491 e. The molecule has 0 aromatic heterocycles. The van der Waals surface area contributed by atoms with Gasteiger partial charge in [0.15, 0.2) is 0 Å². The molecule has 104 valence electrons. The van der Waals surface area contributed by atoms with E-state index in [4.69, 9.17) is 10.5 Å². The van der Waals surface area contributed by atoms with Crippen molar-refractivity contribution < 1.29 is 14.6 Å². The second-order valence-corrected chi connectivity index (χ2v) is 4.80. The first-order valence-electron chi connectivity index (χ1n) is 6.37. The second kappa shape index (κ2) is 5.65. The van der Waals surface area contributed by atoms with Gasteiger partial charge in [-0.3, -0.25) is 0 Å². The van der Waals surface area contributed by atoms with Crippen molar-refractivity contribution in [2.75, 3.05) is 5.73 Å². The number of hydrogen-bond acceptors (Lipinski definition) is 3. The van der Waals surface area contributed by atoms with Crippen molar-refractivity contribution in [2.24, 2.45) is 0 Å². The van der Waals surface area contributed by atoms with Gasteiger partial charge >= 0.3 is 5.97 Å². The number of ether oxygens (including phenoxy) is 1. The molecule has 2 aromatic rings. The SMILES string of the molecule is CC(C)Oc1ccc(-c2ccc(N)cc2C(=O)O)cc1. The fourth-order valence-electron chi connectivity index (χ4n) is 1.98. The molecule has 0 saturated heterocycles. The molecule has 0 unspecified atom stereocenters. The molecule has 0 heterocycles. The predicted octanol–water partition coefficient (Wildman–Crippen LogP) is 3.42. The first-order chi connectivity index (χ1) is 9.47. The summed E-state index contributed by atoms with van der Waals surface area (Å²) in [7, 11) is 0. The van der Waals surface area contributed by atoms with E-state index in [0.29, 0.717) is 11.3 Å². The summed E-state index contributed by atoms with van der Waals surface area (Å²) >= 11 is 0. The van der Waals surface area contributed by atoms with Gasteiger partial charge in [0, 0.05) is 5.69 Å². The van der Waals surface area contributed by atoms with E-state index in [9.17, 15) is 9.90 Å². The quantitative estimate of drug-likeness (QED) is 0.836. The predicted molar refractivity (Wildman–Crippen MR) is 79.0 cm³/mol. The van der Waals surface area contributed by atoms with E-state index in [1.165, 1.54) is 6.07 Å². The lowest BCUT2D eigenvalue weighted by Crippen LogP contribution is -2.05. The number of nitrogen functional groups attached to an aromatic ring is 1. The van der Waals surface area contributed by atoms with Crippen molar-refractivity contribution in [1.82, 2.24) is 0 Å². The van der Waals surface area contributed by atoms with Gasteiger partial charge in [0.25, 0.3) is 0 Å². The van der Waals surface area contributed by atoms with Crippen LogP contribution in [0.15, 0.2) is 42.5 Å². The van der Waals surface area contributed by atoms with Crippen molar-refractivity contribution >= 4 is 11.7 Å². The molecule has 0 amide bonds. The molecule has 0 radical (unpaired) electrons. The monoisotopic (exact) mass is 271 g/mol. The summed E-state index contributed by atoms with van der Waals surface area (Å²) in [6.07, 6.45) is 0.104. The molecular formula is C16H17NO3. The van der Waals surface area contributed by atoms with Crippen LogP contribution in [0.25, 0.3) is 11.1 Å². The van der Waals surface area contributed by atoms with Gasteiger partial charge in [-0.2, -0.15) is 0 Å². The average molecular weight is 271 g/mol. The highest BCUT2D eigenvalue weighted by Crippen LogP contribution is 2.27. The maximum Gasteiger partial charge on any atom is 0.336 e. The molecule has 2 aromatic carbocycles. The van der Waals surface area contributed by atoms with E-state index >= 15 is 0 Å². The molecule has 0 aliphatic carbocycles. The Labute approximate surface area is 117 Å². The lowest BCUT2D eigenvalue weighted by Gasteiger charge is -2.11. The summed E-state index contributed by atoms with van der Waals surface area (Å²) in [5.41, 5.74) is 7.73. The highest BCUT2D eigenvalue weighted by Gasteiger charge is 2.12. The number of benzene rings is 2. The van der Waals surface area contributed by atoms with Crippen LogP contribution in [-0.2, 0) is 0 Å². The number of hydrogen-bond donors (Lipinski definition) is 2. The Morgan fingerprint density at radius 1 is 1.15 bits per heavy atom. The van der Waals surface area contributed by atoms with Crippen molar-refractivity contribution in [1.29, 1.82) is 0 Å². The zero-order valence-electron chi connectivity index (χ0n) is 11.5. The average Bonchev–Trinajstić information content (AvgIpc) is 2.39. The molecule has 4 heteroatoms. The summed E-state index contributed by atoms with van der Waals surface area (Å²) in [5, 5.41) is 9.24.